The van der Waals surface area contributed by atoms with E-state index in [2.05, 4.69) is 24.4 Å². The van der Waals surface area contributed by atoms with Gasteiger partial charge in [0.25, 0.3) is 5.91 Å². The van der Waals surface area contributed by atoms with Crippen LogP contribution in [-0.4, -0.2) is 38.8 Å². The molecule has 0 saturated carbocycles. The number of fused-ring (bicyclic) bond motifs is 1. The molecule has 0 bridgehead atoms. The lowest BCUT2D eigenvalue weighted by molar-refractivity contribution is -0.924. The van der Waals surface area contributed by atoms with Gasteiger partial charge in [0.2, 0.25) is 0 Å². The average molecular weight is 321 g/mol. The maximum Gasteiger partial charge on any atom is 0.275 e. The van der Waals surface area contributed by atoms with Crippen LogP contribution in [0.5, 0.6) is 11.5 Å². The summed E-state index contributed by atoms with van der Waals surface area (Å²) in [5.74, 6) is 1.62. The quantitative estimate of drug-likeness (QED) is 0.874. The van der Waals surface area contributed by atoms with E-state index in [0.29, 0.717) is 6.54 Å². The van der Waals surface area contributed by atoms with Crippen molar-refractivity contribution in [1.82, 2.24) is 5.32 Å². The molecular weight excluding hydrogens is 292 g/mol. The lowest BCUT2D eigenvalue weighted by Crippen LogP contribution is -3.14. The maximum absolute atomic E-state index is 12.2. The molecule has 0 radical (unpaired) electrons. The van der Waals surface area contributed by atoms with Crippen molar-refractivity contribution in [1.29, 1.82) is 0 Å². The molecule has 0 fully saturated rings. The number of quaternary nitrogens is 1. The van der Waals surface area contributed by atoms with Gasteiger partial charge >= 0.3 is 0 Å². The van der Waals surface area contributed by atoms with Crippen LogP contribution in [0.2, 0.25) is 0 Å². The lowest BCUT2D eigenvalue weighted by atomic mass is 9.92. The first-order valence-corrected chi connectivity index (χ1v) is 8.15. The molecule has 1 aromatic rings. The van der Waals surface area contributed by atoms with Crippen molar-refractivity contribution in [3.8, 4) is 11.5 Å². The van der Waals surface area contributed by atoms with E-state index in [9.17, 15) is 4.79 Å². The molecule has 128 valence electrons. The van der Waals surface area contributed by atoms with Gasteiger partial charge in [-0.05, 0) is 45.4 Å². The topological polar surface area (TPSA) is 52.0 Å². The van der Waals surface area contributed by atoms with Crippen LogP contribution in [0.1, 0.15) is 44.9 Å². The minimum absolute atomic E-state index is 0.100. The van der Waals surface area contributed by atoms with Crippen molar-refractivity contribution in [2.24, 2.45) is 0 Å². The molecule has 5 heteroatoms. The molecular formula is C18H29N2O3+. The van der Waals surface area contributed by atoms with Crippen molar-refractivity contribution < 1.29 is 19.2 Å². The molecule has 1 aromatic carbocycles. The van der Waals surface area contributed by atoms with E-state index < -0.39 is 0 Å². The van der Waals surface area contributed by atoms with Gasteiger partial charge in [-0.1, -0.05) is 0 Å². The number of hydrogen-bond donors (Lipinski definition) is 2. The highest BCUT2D eigenvalue weighted by Gasteiger charge is 2.31. The minimum atomic E-state index is -0.190. The summed E-state index contributed by atoms with van der Waals surface area (Å²) < 4.78 is 10.8. The third kappa shape index (κ3) is 4.16. The van der Waals surface area contributed by atoms with Crippen LogP contribution in [0, 0.1) is 0 Å². The SMILES string of the molecule is COc1cc2c(cc1OC)[C@@H](C)[NH+](CC(=O)NC(C)(C)C)CC2. The molecule has 0 saturated heterocycles. The summed E-state index contributed by atoms with van der Waals surface area (Å²) in [6.45, 7) is 9.63. The molecule has 1 heterocycles. The molecule has 1 aliphatic rings. The number of hydrogen-bond acceptors (Lipinski definition) is 3. The largest absolute Gasteiger partial charge is 0.493 e. The van der Waals surface area contributed by atoms with Gasteiger partial charge < -0.3 is 19.7 Å². The summed E-state index contributed by atoms with van der Waals surface area (Å²) in [4.78, 5) is 13.5. The van der Waals surface area contributed by atoms with Crippen LogP contribution in [0.4, 0.5) is 0 Å². The smallest absolute Gasteiger partial charge is 0.275 e. The van der Waals surface area contributed by atoms with Gasteiger partial charge in [-0.3, -0.25) is 4.79 Å². The Morgan fingerprint density at radius 1 is 1.26 bits per heavy atom. The van der Waals surface area contributed by atoms with E-state index in [1.807, 2.05) is 20.8 Å². The van der Waals surface area contributed by atoms with Gasteiger partial charge in [-0.25, -0.2) is 0 Å². The van der Waals surface area contributed by atoms with E-state index in [1.54, 1.807) is 14.2 Å². The molecule has 0 spiro atoms. The van der Waals surface area contributed by atoms with Gasteiger partial charge in [0.1, 0.15) is 6.04 Å². The van der Waals surface area contributed by atoms with Crippen molar-refractivity contribution in [2.75, 3.05) is 27.3 Å². The van der Waals surface area contributed by atoms with Gasteiger partial charge in [-0.2, -0.15) is 0 Å². The van der Waals surface area contributed by atoms with Crippen LogP contribution in [-0.2, 0) is 11.2 Å². The molecule has 23 heavy (non-hydrogen) atoms. The Labute approximate surface area is 139 Å². The zero-order chi connectivity index (χ0) is 17.2. The number of amides is 1. The number of benzene rings is 1. The standard InChI is InChI=1S/C18H28N2O3/c1-12-14-10-16(23-6)15(22-5)9-13(14)7-8-20(12)11-17(21)19-18(2,3)4/h9-10,12H,7-8,11H2,1-6H3,(H,19,21)/p+1/t12-/m1/s1. The highest BCUT2D eigenvalue weighted by molar-refractivity contribution is 5.77. The molecule has 5 nitrogen and oxygen atoms in total. The summed E-state index contributed by atoms with van der Waals surface area (Å²) in [6.07, 6.45) is 0.943. The van der Waals surface area contributed by atoms with Crippen molar-refractivity contribution in [2.45, 2.75) is 45.7 Å². The fourth-order valence-corrected chi connectivity index (χ4v) is 3.20. The molecule has 1 aliphatic heterocycles. The zero-order valence-corrected chi connectivity index (χ0v) is 15.1. The first kappa shape index (κ1) is 17.6. The van der Waals surface area contributed by atoms with Gasteiger partial charge in [0.15, 0.2) is 18.0 Å². The number of nitrogens with one attached hydrogen (secondary N) is 2. The Bertz CT molecular complexity index is 578. The van der Waals surface area contributed by atoms with E-state index >= 15 is 0 Å². The third-order valence-corrected chi connectivity index (χ3v) is 4.34. The van der Waals surface area contributed by atoms with Crippen LogP contribution in [0.3, 0.4) is 0 Å². The number of rotatable bonds is 4. The molecule has 2 N–H and O–H groups in total. The van der Waals surface area contributed by atoms with Gasteiger partial charge in [-0.15, -0.1) is 0 Å². The molecule has 0 aliphatic carbocycles. The van der Waals surface area contributed by atoms with Crippen LogP contribution in [0.15, 0.2) is 12.1 Å². The van der Waals surface area contributed by atoms with Crippen molar-refractivity contribution in [3.63, 3.8) is 0 Å². The molecule has 2 rings (SSSR count). The fraction of sp³-hybridized carbons (Fsp3) is 0.611. The van der Waals surface area contributed by atoms with Crippen LogP contribution < -0.4 is 19.7 Å². The van der Waals surface area contributed by atoms with E-state index in [-0.39, 0.29) is 17.5 Å². The summed E-state index contributed by atoms with van der Waals surface area (Å²) in [7, 11) is 3.31. The Balaban J connectivity index is 2.17. The predicted molar refractivity (Wildman–Crippen MR) is 90.3 cm³/mol. The molecule has 1 amide bonds. The maximum atomic E-state index is 12.2. The first-order chi connectivity index (χ1) is 10.7. The van der Waals surface area contributed by atoms with Crippen molar-refractivity contribution >= 4 is 5.91 Å². The highest BCUT2D eigenvalue weighted by atomic mass is 16.5. The summed E-state index contributed by atoms with van der Waals surface area (Å²) >= 11 is 0. The second kappa shape index (κ2) is 6.79. The summed E-state index contributed by atoms with van der Waals surface area (Å²) in [6, 6.07) is 4.38. The van der Waals surface area contributed by atoms with E-state index in [0.717, 1.165) is 24.5 Å². The Hall–Kier alpha value is -1.75. The first-order valence-electron chi connectivity index (χ1n) is 8.15. The Morgan fingerprint density at radius 2 is 1.87 bits per heavy atom. The number of carbonyl (C=O) groups excluding carboxylic acids is 1. The Kier molecular flexibility index (Phi) is 5.19. The van der Waals surface area contributed by atoms with Crippen LogP contribution in [0.25, 0.3) is 0 Å². The van der Waals surface area contributed by atoms with E-state index in [4.69, 9.17) is 9.47 Å². The zero-order valence-electron chi connectivity index (χ0n) is 15.1. The number of ether oxygens (including phenoxy) is 2. The van der Waals surface area contributed by atoms with Gasteiger partial charge in [0.05, 0.1) is 20.8 Å². The second-order valence-electron chi connectivity index (χ2n) is 7.26. The minimum Gasteiger partial charge on any atom is -0.493 e. The molecule has 0 aromatic heterocycles. The normalized spacial score (nSPS) is 20.6. The Morgan fingerprint density at radius 3 is 2.43 bits per heavy atom. The highest BCUT2D eigenvalue weighted by Crippen LogP contribution is 2.33. The predicted octanol–water partition coefficient (Wildman–Crippen LogP) is 1.12. The molecule has 1 unspecified atom stereocenters. The van der Waals surface area contributed by atoms with E-state index in [1.165, 1.54) is 16.0 Å². The summed E-state index contributed by atoms with van der Waals surface area (Å²) in [5, 5.41) is 3.05. The fourth-order valence-electron chi connectivity index (χ4n) is 3.20. The van der Waals surface area contributed by atoms with Crippen LogP contribution >= 0.6 is 0 Å². The number of methoxy groups -OCH3 is 2. The number of carbonyl (C=O) groups is 1. The molecule has 2 atom stereocenters. The summed E-state index contributed by atoms with van der Waals surface area (Å²) in [5.41, 5.74) is 2.34. The third-order valence-electron chi connectivity index (χ3n) is 4.34. The lowest BCUT2D eigenvalue weighted by Gasteiger charge is -2.33. The second-order valence-corrected chi connectivity index (χ2v) is 7.26. The monoisotopic (exact) mass is 321 g/mol. The van der Waals surface area contributed by atoms with Gasteiger partial charge in [0, 0.05) is 17.5 Å². The van der Waals surface area contributed by atoms with Crippen molar-refractivity contribution in [3.05, 3.63) is 23.3 Å². The average Bonchev–Trinajstić information content (AvgIpc) is 2.47.